The monoisotopic (exact) mass is 638 g/mol. The molecule has 4 heteroatoms. The van der Waals surface area contributed by atoms with Crippen LogP contribution >= 0.6 is 22.7 Å². The third kappa shape index (κ3) is 5.32. The van der Waals surface area contributed by atoms with Crippen molar-refractivity contribution in [3.05, 3.63) is 158 Å². The van der Waals surface area contributed by atoms with Crippen molar-refractivity contribution in [1.82, 2.24) is 9.97 Å². The molecule has 0 saturated heterocycles. The molecule has 6 aromatic carbocycles. The van der Waals surface area contributed by atoms with Crippen LogP contribution in [0.3, 0.4) is 0 Å². The van der Waals surface area contributed by atoms with Gasteiger partial charge in [-0.3, -0.25) is 0 Å². The molecule has 0 spiro atoms. The quantitative estimate of drug-likeness (QED) is 0.179. The van der Waals surface area contributed by atoms with E-state index in [0.29, 0.717) is 0 Å². The largest absolute Gasteiger partial charge is 0.237 e. The van der Waals surface area contributed by atoms with Crippen LogP contribution in [-0.4, -0.2) is 9.97 Å². The molecule has 3 aromatic heterocycles. The molecule has 224 valence electrons. The van der Waals surface area contributed by atoms with Gasteiger partial charge in [0.25, 0.3) is 0 Å². The maximum Gasteiger partial charge on any atom is 0.159 e. The van der Waals surface area contributed by atoms with Crippen molar-refractivity contribution in [3.63, 3.8) is 0 Å². The first-order chi connectivity index (χ1) is 23.2. The third-order valence-corrected chi connectivity index (χ3v) is 10.8. The molecule has 0 fully saturated rings. The lowest BCUT2D eigenvalue weighted by Gasteiger charge is -2.09. The summed E-state index contributed by atoms with van der Waals surface area (Å²) in [5.41, 5.74) is 7.86. The smallest absolute Gasteiger partial charge is 0.159 e. The van der Waals surface area contributed by atoms with Gasteiger partial charge in [0.1, 0.15) is 0 Å². The number of aromatic nitrogens is 2. The van der Waals surface area contributed by atoms with Gasteiger partial charge < -0.3 is 0 Å². The summed E-state index contributed by atoms with van der Waals surface area (Å²) in [5, 5.41) is 5.24. The summed E-state index contributed by atoms with van der Waals surface area (Å²) < 4.78 is 5.26. The van der Waals surface area contributed by atoms with Crippen LogP contribution in [0, 0.1) is 0 Å². The summed E-state index contributed by atoms with van der Waals surface area (Å²) in [6.07, 6.45) is 3.62. The fraction of sp³-hybridized carbons (Fsp3) is 0.0233. The second kappa shape index (κ2) is 12.4. The Kier molecular flexibility index (Phi) is 7.66. The minimum atomic E-state index is 0.727. The van der Waals surface area contributed by atoms with Crippen molar-refractivity contribution in [2.45, 2.75) is 6.92 Å². The highest BCUT2D eigenvalue weighted by molar-refractivity contribution is 7.26. The van der Waals surface area contributed by atoms with Gasteiger partial charge in [-0.25, -0.2) is 9.97 Å². The van der Waals surface area contributed by atoms with Crippen LogP contribution in [0.1, 0.15) is 6.92 Å². The molecule has 2 nitrogen and oxygen atoms in total. The Bertz CT molecular complexity index is 2400. The van der Waals surface area contributed by atoms with Crippen LogP contribution in [-0.2, 0) is 0 Å². The van der Waals surface area contributed by atoms with E-state index in [1.54, 1.807) is 6.08 Å². The van der Waals surface area contributed by atoms with E-state index in [2.05, 4.69) is 140 Å². The molecule has 0 saturated carbocycles. The second-order valence-electron chi connectivity index (χ2n) is 11.4. The van der Waals surface area contributed by atoms with E-state index in [0.717, 1.165) is 22.6 Å². The number of benzene rings is 6. The number of rotatable bonds is 4. The molecular weight excluding hydrogens is 609 g/mol. The molecule has 0 atom stereocenters. The van der Waals surface area contributed by atoms with E-state index in [-0.39, 0.29) is 0 Å². The van der Waals surface area contributed by atoms with E-state index < -0.39 is 0 Å². The van der Waals surface area contributed by atoms with Crippen LogP contribution in [0.4, 0.5) is 0 Å². The number of allylic oxidation sites excluding steroid dienone is 1. The zero-order valence-electron chi connectivity index (χ0n) is 25.9. The van der Waals surface area contributed by atoms with Gasteiger partial charge in [-0.05, 0) is 59.5 Å². The van der Waals surface area contributed by atoms with Gasteiger partial charge in [0.15, 0.2) is 5.82 Å². The molecule has 9 rings (SSSR count). The van der Waals surface area contributed by atoms with Crippen molar-refractivity contribution >= 4 is 63.0 Å². The van der Waals surface area contributed by atoms with Crippen molar-refractivity contribution in [3.8, 4) is 44.9 Å². The Balaban J connectivity index is 0.00000104. The van der Waals surface area contributed by atoms with Crippen LogP contribution < -0.4 is 0 Å². The maximum atomic E-state index is 5.07. The Morgan fingerprint density at radius 1 is 0.511 bits per heavy atom. The predicted molar refractivity (Wildman–Crippen MR) is 205 cm³/mol. The zero-order valence-corrected chi connectivity index (χ0v) is 27.5. The normalized spacial score (nSPS) is 11.2. The molecule has 9 aromatic rings. The minimum absolute atomic E-state index is 0.727. The molecule has 0 aliphatic carbocycles. The summed E-state index contributed by atoms with van der Waals surface area (Å²) in [6, 6.07) is 49.9. The molecule has 3 heterocycles. The summed E-state index contributed by atoms with van der Waals surface area (Å²) in [6.45, 7) is 5.25. The molecule has 0 N–H and O–H groups in total. The van der Waals surface area contributed by atoms with Gasteiger partial charge in [0, 0.05) is 57.7 Å². The van der Waals surface area contributed by atoms with Gasteiger partial charge >= 0.3 is 0 Å². The fourth-order valence-electron chi connectivity index (χ4n) is 6.28. The van der Waals surface area contributed by atoms with Gasteiger partial charge in [0.2, 0.25) is 0 Å². The lowest BCUT2D eigenvalue weighted by Crippen LogP contribution is -1.92. The molecule has 0 aliphatic heterocycles. The topological polar surface area (TPSA) is 25.8 Å². The van der Waals surface area contributed by atoms with Crippen molar-refractivity contribution in [1.29, 1.82) is 0 Å². The number of fused-ring (bicyclic) bond motifs is 6. The molecule has 0 aliphatic rings. The number of nitrogens with zero attached hydrogens (tertiary/aromatic N) is 2. The third-order valence-electron chi connectivity index (χ3n) is 8.37. The highest BCUT2D eigenvalue weighted by atomic mass is 32.1. The SMILES string of the molecule is C=CC.c1cc(-c2ccnc(-c3cccc(-c4cccc5c4sc4ccccc45)c3)n2)cc(-c2cccc3c2sc2ccccc23)c1. The molecular formula is C43H30N2S2. The standard InChI is InChI=1S/C40H24N2S2.C3H6/c1-3-19-36-31(13-1)33-17-7-15-29(38(33)43-36)25-9-5-11-27(23-25)35-21-22-41-40(42-35)28-12-6-10-26(24-28)30-16-8-18-34-32-14-2-4-20-37(32)44-39(30)34;1-3-2/h1-24H;3H,1H2,2H3. The first kappa shape index (κ1) is 29.0. The Morgan fingerprint density at radius 2 is 0.979 bits per heavy atom. The molecule has 0 amide bonds. The van der Waals surface area contributed by atoms with Crippen LogP contribution in [0.25, 0.3) is 85.2 Å². The average Bonchev–Trinajstić information content (AvgIpc) is 3.71. The maximum absolute atomic E-state index is 5.07. The summed E-state index contributed by atoms with van der Waals surface area (Å²) >= 11 is 3.72. The number of thiophene rings is 2. The lowest BCUT2D eigenvalue weighted by molar-refractivity contribution is 1.18. The van der Waals surface area contributed by atoms with E-state index in [1.807, 2.05) is 41.9 Å². The minimum Gasteiger partial charge on any atom is -0.237 e. The highest BCUT2D eigenvalue weighted by Crippen LogP contribution is 2.42. The van der Waals surface area contributed by atoms with E-state index in [9.17, 15) is 0 Å². The highest BCUT2D eigenvalue weighted by Gasteiger charge is 2.14. The van der Waals surface area contributed by atoms with Crippen LogP contribution in [0.15, 0.2) is 158 Å². The van der Waals surface area contributed by atoms with Gasteiger partial charge in [-0.15, -0.1) is 29.3 Å². The first-order valence-corrected chi connectivity index (χ1v) is 17.3. The molecule has 47 heavy (non-hydrogen) atoms. The Labute approximate surface area is 282 Å². The van der Waals surface area contributed by atoms with Gasteiger partial charge in [-0.2, -0.15) is 0 Å². The molecule has 0 bridgehead atoms. The number of hydrogen-bond donors (Lipinski definition) is 0. The Hall–Kier alpha value is -5.42. The second-order valence-corrected chi connectivity index (χ2v) is 13.5. The summed E-state index contributed by atoms with van der Waals surface area (Å²) in [4.78, 5) is 9.78. The summed E-state index contributed by atoms with van der Waals surface area (Å²) in [5.74, 6) is 0.727. The van der Waals surface area contributed by atoms with Gasteiger partial charge in [-0.1, -0.05) is 115 Å². The van der Waals surface area contributed by atoms with Gasteiger partial charge in [0.05, 0.1) is 5.69 Å². The Morgan fingerprint density at radius 3 is 1.57 bits per heavy atom. The molecule has 0 radical (unpaired) electrons. The average molecular weight is 639 g/mol. The van der Waals surface area contributed by atoms with Crippen molar-refractivity contribution < 1.29 is 0 Å². The van der Waals surface area contributed by atoms with E-state index >= 15 is 0 Å². The molecule has 0 unspecified atom stereocenters. The van der Waals surface area contributed by atoms with E-state index in [1.165, 1.54) is 62.6 Å². The summed E-state index contributed by atoms with van der Waals surface area (Å²) in [7, 11) is 0. The van der Waals surface area contributed by atoms with Crippen LogP contribution in [0.2, 0.25) is 0 Å². The predicted octanol–water partition coefficient (Wildman–Crippen LogP) is 13.1. The number of hydrogen-bond acceptors (Lipinski definition) is 4. The lowest BCUT2D eigenvalue weighted by atomic mass is 9.99. The van der Waals surface area contributed by atoms with Crippen molar-refractivity contribution in [2.75, 3.05) is 0 Å². The fourth-order valence-corrected chi connectivity index (χ4v) is 8.76. The first-order valence-electron chi connectivity index (χ1n) is 15.6. The van der Waals surface area contributed by atoms with E-state index in [4.69, 9.17) is 9.97 Å². The van der Waals surface area contributed by atoms with Crippen LogP contribution in [0.5, 0.6) is 0 Å². The van der Waals surface area contributed by atoms with Crippen molar-refractivity contribution in [2.24, 2.45) is 0 Å². The zero-order chi connectivity index (χ0) is 31.7.